The predicted molar refractivity (Wildman–Crippen MR) is 125 cm³/mol. The van der Waals surface area contributed by atoms with E-state index in [4.69, 9.17) is 11.6 Å². The molecule has 0 spiro atoms. The van der Waals surface area contributed by atoms with Crippen molar-refractivity contribution in [1.82, 2.24) is 20.0 Å². The van der Waals surface area contributed by atoms with Crippen LogP contribution in [0.25, 0.3) is 21.5 Å². The Balaban J connectivity index is 1.39. The summed E-state index contributed by atoms with van der Waals surface area (Å²) in [6, 6.07) is 10.3. The Labute approximate surface area is 187 Å². The molecule has 0 bridgehead atoms. The van der Waals surface area contributed by atoms with Gasteiger partial charge in [-0.05, 0) is 50.4 Å². The highest BCUT2D eigenvalue weighted by atomic mass is 35.5. The van der Waals surface area contributed by atoms with Crippen LogP contribution < -0.4 is 5.32 Å². The molecule has 1 amide bonds. The monoisotopic (exact) mass is 444 g/mol. The van der Waals surface area contributed by atoms with Crippen molar-refractivity contribution in [3.8, 4) is 11.3 Å². The summed E-state index contributed by atoms with van der Waals surface area (Å²) in [5.74, 6) is 0.00365. The van der Waals surface area contributed by atoms with Gasteiger partial charge in [0.1, 0.15) is 10.5 Å². The van der Waals surface area contributed by atoms with Gasteiger partial charge in [-0.2, -0.15) is 5.10 Å². The first-order valence-corrected chi connectivity index (χ1v) is 12.0. The fraction of sp³-hybridized carbons (Fsp3) is 0.478. The number of hydrogen-bond donors (Lipinski definition) is 1. The van der Waals surface area contributed by atoms with Crippen LogP contribution in [0.2, 0.25) is 5.02 Å². The van der Waals surface area contributed by atoms with E-state index in [9.17, 15) is 4.79 Å². The maximum Gasteiger partial charge on any atom is 0.261 e. The zero-order valence-corrected chi connectivity index (χ0v) is 19.2. The number of halogens is 1. The molecule has 1 saturated heterocycles. The van der Waals surface area contributed by atoms with Gasteiger partial charge in [-0.25, -0.2) is 0 Å². The number of piperidine rings is 1. The maximum absolute atomic E-state index is 12.7. The van der Waals surface area contributed by atoms with E-state index in [1.807, 2.05) is 42.1 Å². The number of aryl methyl sites for hydroxylation is 1. The fourth-order valence-electron chi connectivity index (χ4n) is 4.36. The van der Waals surface area contributed by atoms with Gasteiger partial charge in [-0.3, -0.25) is 9.48 Å². The lowest BCUT2D eigenvalue weighted by Gasteiger charge is -2.35. The number of benzene rings is 1. The normalized spacial score (nSPS) is 17.5. The fourth-order valence-corrected chi connectivity index (χ4v) is 5.48. The van der Waals surface area contributed by atoms with Gasteiger partial charge in [-0.1, -0.05) is 37.1 Å². The lowest BCUT2D eigenvalue weighted by Crippen LogP contribution is -2.40. The Morgan fingerprint density at radius 3 is 2.87 bits per heavy atom. The number of hydrogen-bond acceptors (Lipinski definition) is 4. The van der Waals surface area contributed by atoms with Crippen molar-refractivity contribution in [2.45, 2.75) is 45.1 Å². The highest BCUT2D eigenvalue weighted by Gasteiger charge is 2.21. The molecule has 1 aromatic carbocycles. The second-order valence-corrected chi connectivity index (χ2v) is 9.48. The summed E-state index contributed by atoms with van der Waals surface area (Å²) < 4.78 is 1.85. The van der Waals surface area contributed by atoms with Crippen molar-refractivity contribution in [3.05, 3.63) is 40.2 Å². The Hall–Kier alpha value is -1.89. The maximum atomic E-state index is 12.7. The molecule has 1 fully saturated rings. The van der Waals surface area contributed by atoms with E-state index in [1.165, 1.54) is 43.6 Å². The quantitative estimate of drug-likeness (QED) is 0.500. The lowest BCUT2D eigenvalue weighted by atomic mass is 10.00. The summed E-state index contributed by atoms with van der Waals surface area (Å²) in [6.45, 7) is 5.25. The van der Waals surface area contributed by atoms with Crippen LogP contribution in [0.4, 0.5) is 0 Å². The lowest BCUT2D eigenvalue weighted by molar-refractivity contribution is 0.0951. The molecule has 3 heterocycles. The van der Waals surface area contributed by atoms with Gasteiger partial charge in [-0.15, -0.1) is 11.3 Å². The summed E-state index contributed by atoms with van der Waals surface area (Å²) in [7, 11) is 1.92. The molecule has 2 aromatic heterocycles. The molecule has 160 valence electrons. The second-order valence-electron chi connectivity index (χ2n) is 8.01. The van der Waals surface area contributed by atoms with Crippen molar-refractivity contribution < 1.29 is 4.79 Å². The molecule has 0 saturated carbocycles. The smallest absolute Gasteiger partial charge is 0.261 e. The SMILES string of the molecule is CC[C@@H]1CCCCN1CCCNC(=O)c1cc2c(-c3ccc(Cl)cc3)nn(C)c2s1. The number of carbonyl (C=O) groups is 1. The third-order valence-electron chi connectivity index (χ3n) is 5.98. The Morgan fingerprint density at radius 2 is 2.10 bits per heavy atom. The Morgan fingerprint density at radius 1 is 1.30 bits per heavy atom. The van der Waals surface area contributed by atoms with E-state index in [0.29, 0.717) is 11.6 Å². The molecular weight excluding hydrogens is 416 g/mol. The average Bonchev–Trinajstić information content (AvgIpc) is 3.33. The minimum absolute atomic E-state index is 0.00365. The van der Waals surface area contributed by atoms with Crippen LogP contribution in [0.5, 0.6) is 0 Å². The van der Waals surface area contributed by atoms with Gasteiger partial charge in [0.25, 0.3) is 5.91 Å². The molecule has 0 unspecified atom stereocenters. The number of carbonyl (C=O) groups excluding carboxylic acids is 1. The van der Waals surface area contributed by atoms with Crippen molar-refractivity contribution in [3.63, 3.8) is 0 Å². The molecular formula is C23H29ClN4OS. The predicted octanol–water partition coefficient (Wildman–Crippen LogP) is 5.34. The van der Waals surface area contributed by atoms with Crippen molar-refractivity contribution >= 4 is 39.1 Å². The van der Waals surface area contributed by atoms with Gasteiger partial charge in [0.05, 0.1) is 4.88 Å². The van der Waals surface area contributed by atoms with Crippen molar-refractivity contribution in [1.29, 1.82) is 0 Å². The summed E-state index contributed by atoms with van der Waals surface area (Å²) in [4.78, 5) is 17.1. The topological polar surface area (TPSA) is 50.2 Å². The summed E-state index contributed by atoms with van der Waals surface area (Å²) in [5, 5.41) is 9.45. The van der Waals surface area contributed by atoms with Crippen molar-refractivity contribution in [2.75, 3.05) is 19.6 Å². The first kappa shape index (κ1) is 21.3. The number of nitrogens with one attached hydrogen (secondary N) is 1. The number of rotatable bonds is 7. The molecule has 4 rings (SSSR count). The van der Waals surface area contributed by atoms with Gasteiger partial charge >= 0.3 is 0 Å². The first-order valence-electron chi connectivity index (χ1n) is 10.8. The zero-order valence-electron chi connectivity index (χ0n) is 17.7. The summed E-state index contributed by atoms with van der Waals surface area (Å²) in [6.07, 6.45) is 6.18. The number of thiophene rings is 1. The largest absolute Gasteiger partial charge is 0.351 e. The van der Waals surface area contributed by atoms with Gasteiger partial charge in [0, 0.05) is 42.2 Å². The number of nitrogens with zero attached hydrogens (tertiary/aromatic N) is 3. The van der Waals surface area contributed by atoms with Crippen LogP contribution >= 0.6 is 22.9 Å². The molecule has 30 heavy (non-hydrogen) atoms. The van der Waals surface area contributed by atoms with Gasteiger partial charge in [0.15, 0.2) is 0 Å². The van der Waals surface area contributed by atoms with Crippen molar-refractivity contribution in [2.24, 2.45) is 7.05 Å². The Bertz CT molecular complexity index is 1010. The molecule has 5 nitrogen and oxygen atoms in total. The molecule has 7 heteroatoms. The highest BCUT2D eigenvalue weighted by Crippen LogP contribution is 2.34. The van der Waals surface area contributed by atoms with Gasteiger partial charge in [0.2, 0.25) is 0 Å². The third-order valence-corrected chi connectivity index (χ3v) is 7.43. The number of aromatic nitrogens is 2. The highest BCUT2D eigenvalue weighted by molar-refractivity contribution is 7.20. The minimum atomic E-state index is 0.00365. The van der Waals surface area contributed by atoms with Crippen LogP contribution in [-0.2, 0) is 7.05 Å². The molecule has 0 radical (unpaired) electrons. The molecule has 1 N–H and O–H groups in total. The van der Waals surface area contributed by atoms with E-state index in [0.717, 1.165) is 45.4 Å². The van der Waals surface area contributed by atoms with E-state index in [1.54, 1.807) is 0 Å². The molecule has 1 aliphatic heterocycles. The van der Waals surface area contributed by atoms with Crippen LogP contribution in [0.3, 0.4) is 0 Å². The standard InChI is InChI=1S/C23H29ClN4OS/c1-3-18-7-4-5-13-28(18)14-6-12-25-22(29)20-15-19-21(26-27(2)23(19)30-20)16-8-10-17(24)11-9-16/h8-11,15,18H,3-7,12-14H2,1-2H3,(H,25,29)/t18-/m1/s1. The number of fused-ring (bicyclic) bond motifs is 1. The van der Waals surface area contributed by atoms with E-state index < -0.39 is 0 Å². The molecule has 1 aliphatic rings. The number of amides is 1. The minimum Gasteiger partial charge on any atom is -0.351 e. The second kappa shape index (κ2) is 9.50. The van der Waals surface area contributed by atoms with Crippen LogP contribution in [0, 0.1) is 0 Å². The summed E-state index contributed by atoms with van der Waals surface area (Å²) in [5.41, 5.74) is 1.89. The zero-order chi connectivity index (χ0) is 21.1. The van der Waals surface area contributed by atoms with Crippen LogP contribution in [0.1, 0.15) is 48.7 Å². The van der Waals surface area contributed by atoms with Crippen LogP contribution in [-0.4, -0.2) is 46.3 Å². The van der Waals surface area contributed by atoms with E-state index in [-0.39, 0.29) is 5.91 Å². The Kier molecular flexibility index (Phi) is 6.76. The molecule has 3 aromatic rings. The molecule has 0 aliphatic carbocycles. The molecule has 1 atom stereocenters. The van der Waals surface area contributed by atoms with Crippen LogP contribution in [0.15, 0.2) is 30.3 Å². The number of likely N-dealkylation sites (tertiary alicyclic amines) is 1. The average molecular weight is 445 g/mol. The third kappa shape index (κ3) is 4.56. The first-order chi connectivity index (χ1) is 14.6. The van der Waals surface area contributed by atoms with E-state index in [2.05, 4.69) is 22.2 Å². The van der Waals surface area contributed by atoms with E-state index >= 15 is 0 Å². The van der Waals surface area contributed by atoms with Gasteiger partial charge < -0.3 is 10.2 Å². The summed E-state index contributed by atoms with van der Waals surface area (Å²) >= 11 is 7.51.